The molecule has 0 aromatic carbocycles. The Morgan fingerprint density at radius 2 is 1.84 bits per heavy atom. The van der Waals surface area contributed by atoms with E-state index in [4.69, 9.17) is 14.2 Å². The number of imidazole rings is 1. The molecule has 2 aromatic rings. The van der Waals surface area contributed by atoms with E-state index in [-0.39, 0.29) is 36.6 Å². The maximum absolute atomic E-state index is 13.1. The predicted molar refractivity (Wildman–Crippen MR) is 138 cm³/mol. The first kappa shape index (κ1) is 26.3. The van der Waals surface area contributed by atoms with E-state index < -0.39 is 17.4 Å². The maximum Gasteiger partial charge on any atom is 0.330 e. The zero-order chi connectivity index (χ0) is 25.9. The minimum absolute atomic E-state index is 0.0597. The first-order chi connectivity index (χ1) is 18.0. The Balaban J connectivity index is 1.23. The number of carbonyl (C=O) groups is 1. The second-order valence-electron chi connectivity index (χ2n) is 10.7. The van der Waals surface area contributed by atoms with E-state index in [9.17, 15) is 14.4 Å². The summed E-state index contributed by atoms with van der Waals surface area (Å²) in [6.07, 6.45) is 9.11. The number of unbranched alkanes of at least 4 members (excludes halogenated alkanes) is 1. The summed E-state index contributed by atoms with van der Waals surface area (Å²) >= 11 is 0. The van der Waals surface area contributed by atoms with Crippen LogP contribution in [0.3, 0.4) is 0 Å². The average Bonchev–Trinajstić information content (AvgIpc) is 3.28. The molecule has 0 spiro atoms. The monoisotopic (exact) mass is 516 g/mol. The number of Topliss-reactive ketones (excluding diaryl/α,β-unsaturated/α-hetero) is 1. The Morgan fingerprint density at radius 3 is 2.59 bits per heavy atom. The molecule has 0 bridgehead atoms. The van der Waals surface area contributed by atoms with E-state index in [1.807, 2.05) is 11.5 Å². The first-order valence-electron chi connectivity index (χ1n) is 14.1. The summed E-state index contributed by atoms with van der Waals surface area (Å²) in [6.45, 7) is 5.61. The van der Waals surface area contributed by atoms with Crippen LogP contribution in [0, 0.1) is 5.92 Å². The van der Waals surface area contributed by atoms with Crippen molar-refractivity contribution in [3.8, 4) is 0 Å². The number of hydrogen-bond donors (Lipinski definition) is 1. The number of nitrogens with zero attached hydrogens (tertiary/aromatic N) is 3. The molecule has 2 aromatic heterocycles. The molecule has 2 aliphatic carbocycles. The van der Waals surface area contributed by atoms with Crippen LogP contribution in [0.2, 0.25) is 0 Å². The standard InChI is InChI=1S/C27H40N4O6/c1-3-5-13-31-25-23(26(33)29-27(31)34)30(4-2)22(28-25)16-35-18-11-12-19-20(14-18)36-15-21(24(19)32)37-17-9-7-6-8-10-17/h17-21H,3-16H2,1-2H3,(H,29,33,34). The highest BCUT2D eigenvalue weighted by molar-refractivity contribution is 5.87. The topological polar surface area (TPSA) is 117 Å². The zero-order valence-electron chi connectivity index (χ0n) is 22.1. The third kappa shape index (κ3) is 5.47. The van der Waals surface area contributed by atoms with Crippen molar-refractivity contribution in [2.45, 2.75) is 122 Å². The van der Waals surface area contributed by atoms with Gasteiger partial charge in [-0.15, -0.1) is 0 Å². The third-order valence-electron chi connectivity index (χ3n) is 8.26. The van der Waals surface area contributed by atoms with Crippen LogP contribution in [0.25, 0.3) is 11.2 Å². The van der Waals surface area contributed by atoms with Crippen LogP contribution < -0.4 is 11.2 Å². The first-order valence-corrected chi connectivity index (χ1v) is 14.1. The third-order valence-corrected chi connectivity index (χ3v) is 8.26. The molecule has 1 aliphatic heterocycles. The fraction of sp³-hybridized carbons (Fsp3) is 0.778. The summed E-state index contributed by atoms with van der Waals surface area (Å²) in [5.74, 6) is 0.689. The summed E-state index contributed by atoms with van der Waals surface area (Å²) in [6, 6.07) is 0. The number of H-pyrrole nitrogens is 1. The summed E-state index contributed by atoms with van der Waals surface area (Å²) in [4.78, 5) is 45.4. The molecule has 4 unspecified atom stereocenters. The van der Waals surface area contributed by atoms with Crippen molar-refractivity contribution in [1.82, 2.24) is 19.1 Å². The Labute approximate surface area is 216 Å². The van der Waals surface area contributed by atoms with Gasteiger partial charge in [-0.2, -0.15) is 0 Å². The van der Waals surface area contributed by atoms with Crippen molar-refractivity contribution in [1.29, 1.82) is 0 Å². The van der Waals surface area contributed by atoms with Crippen molar-refractivity contribution >= 4 is 16.9 Å². The van der Waals surface area contributed by atoms with Crippen molar-refractivity contribution in [2.75, 3.05) is 6.61 Å². The van der Waals surface area contributed by atoms with Gasteiger partial charge >= 0.3 is 5.69 Å². The minimum atomic E-state index is -0.435. The lowest BCUT2D eigenvalue weighted by atomic mass is 9.79. The van der Waals surface area contributed by atoms with Gasteiger partial charge < -0.3 is 18.8 Å². The van der Waals surface area contributed by atoms with Crippen LogP contribution in [-0.4, -0.2) is 55.9 Å². The van der Waals surface area contributed by atoms with Crippen LogP contribution in [0.5, 0.6) is 0 Å². The number of ether oxygens (including phenoxy) is 3. The average molecular weight is 517 g/mol. The fourth-order valence-corrected chi connectivity index (χ4v) is 6.21. The number of aromatic nitrogens is 4. The Kier molecular flexibility index (Phi) is 8.26. The number of aryl methyl sites for hydroxylation is 2. The lowest BCUT2D eigenvalue weighted by Gasteiger charge is -2.41. The van der Waals surface area contributed by atoms with E-state index in [0.717, 1.165) is 38.5 Å². The van der Waals surface area contributed by atoms with E-state index in [1.165, 1.54) is 19.3 Å². The SMILES string of the molecule is CCCCn1c(=O)[nH]c(=O)c2c1nc(COC1CCC3C(=O)C(OC4CCCCC4)COC3C1)n2CC. The van der Waals surface area contributed by atoms with Crippen LogP contribution in [0.1, 0.15) is 83.9 Å². The summed E-state index contributed by atoms with van der Waals surface area (Å²) in [5, 5.41) is 0. The van der Waals surface area contributed by atoms with Crippen molar-refractivity contribution in [3.05, 3.63) is 26.7 Å². The lowest BCUT2D eigenvalue weighted by Crippen LogP contribution is -2.51. The highest BCUT2D eigenvalue weighted by Crippen LogP contribution is 2.35. The molecule has 1 saturated heterocycles. The van der Waals surface area contributed by atoms with Gasteiger partial charge in [0.15, 0.2) is 16.9 Å². The molecular weight excluding hydrogens is 476 g/mol. The van der Waals surface area contributed by atoms with Crippen molar-refractivity contribution < 1.29 is 19.0 Å². The predicted octanol–water partition coefficient (Wildman–Crippen LogP) is 3.08. The van der Waals surface area contributed by atoms with Gasteiger partial charge in [-0.3, -0.25) is 19.1 Å². The second-order valence-corrected chi connectivity index (χ2v) is 10.7. The Bertz CT molecular complexity index is 1210. The van der Waals surface area contributed by atoms with Crippen LogP contribution in [0.4, 0.5) is 0 Å². The smallest absolute Gasteiger partial charge is 0.330 e. The van der Waals surface area contributed by atoms with E-state index >= 15 is 0 Å². The van der Waals surface area contributed by atoms with Gasteiger partial charge in [0.1, 0.15) is 18.5 Å². The molecule has 3 aliphatic rings. The molecule has 204 valence electrons. The van der Waals surface area contributed by atoms with E-state index in [1.54, 1.807) is 4.57 Å². The number of fused-ring (bicyclic) bond motifs is 2. The largest absolute Gasteiger partial charge is 0.374 e. The Hall–Kier alpha value is -2.30. The molecule has 0 radical (unpaired) electrons. The van der Waals surface area contributed by atoms with Gasteiger partial charge in [-0.05, 0) is 39.0 Å². The summed E-state index contributed by atoms with van der Waals surface area (Å²) < 4.78 is 21.9. The second kappa shape index (κ2) is 11.6. The van der Waals surface area contributed by atoms with Crippen LogP contribution in [0.15, 0.2) is 9.59 Å². The molecule has 3 fully saturated rings. The molecular formula is C27H40N4O6. The maximum atomic E-state index is 13.1. The van der Waals surface area contributed by atoms with Gasteiger partial charge in [0.25, 0.3) is 5.56 Å². The molecule has 0 amide bonds. The minimum Gasteiger partial charge on any atom is -0.374 e. The Morgan fingerprint density at radius 1 is 1.03 bits per heavy atom. The quantitative estimate of drug-likeness (QED) is 0.544. The van der Waals surface area contributed by atoms with Crippen molar-refractivity contribution in [3.63, 3.8) is 0 Å². The normalized spacial score (nSPS) is 27.0. The summed E-state index contributed by atoms with van der Waals surface area (Å²) in [7, 11) is 0. The fourth-order valence-electron chi connectivity index (χ4n) is 6.21. The molecule has 5 rings (SSSR count). The number of hydrogen-bond acceptors (Lipinski definition) is 7. The van der Waals surface area contributed by atoms with Gasteiger partial charge in [0, 0.05) is 25.4 Å². The number of nitrogens with one attached hydrogen (secondary N) is 1. The van der Waals surface area contributed by atoms with Gasteiger partial charge in [0.05, 0.1) is 24.9 Å². The molecule has 2 saturated carbocycles. The van der Waals surface area contributed by atoms with Gasteiger partial charge in [0.2, 0.25) is 0 Å². The zero-order valence-corrected chi connectivity index (χ0v) is 22.1. The van der Waals surface area contributed by atoms with Crippen LogP contribution in [-0.2, 0) is 38.7 Å². The molecule has 10 heteroatoms. The number of aromatic amines is 1. The number of ketones is 1. The molecule has 10 nitrogen and oxygen atoms in total. The number of carbonyl (C=O) groups excluding carboxylic acids is 1. The van der Waals surface area contributed by atoms with Gasteiger partial charge in [-0.1, -0.05) is 32.6 Å². The molecule has 37 heavy (non-hydrogen) atoms. The lowest BCUT2D eigenvalue weighted by molar-refractivity contribution is -0.178. The van der Waals surface area contributed by atoms with E-state index in [2.05, 4.69) is 16.9 Å². The number of rotatable bonds is 9. The molecule has 1 N–H and O–H groups in total. The highest BCUT2D eigenvalue weighted by atomic mass is 16.6. The molecule has 4 atom stereocenters. The van der Waals surface area contributed by atoms with Gasteiger partial charge in [-0.25, -0.2) is 9.78 Å². The molecule has 3 heterocycles. The van der Waals surface area contributed by atoms with E-state index in [0.29, 0.717) is 43.1 Å². The van der Waals surface area contributed by atoms with Crippen molar-refractivity contribution in [2.24, 2.45) is 5.92 Å². The van der Waals surface area contributed by atoms with Crippen LogP contribution >= 0.6 is 0 Å². The summed E-state index contributed by atoms with van der Waals surface area (Å²) in [5.41, 5.74) is -0.0299. The highest BCUT2D eigenvalue weighted by Gasteiger charge is 2.44.